The monoisotopic (exact) mass is 275 g/mol. The van der Waals surface area contributed by atoms with Crippen molar-refractivity contribution in [2.24, 2.45) is 11.8 Å². The Morgan fingerprint density at radius 1 is 1.44 bits per heavy atom. The summed E-state index contributed by atoms with van der Waals surface area (Å²) < 4.78 is 21.9. The quantitative estimate of drug-likeness (QED) is 0.763. The van der Waals surface area contributed by atoms with Gasteiger partial charge in [0.15, 0.2) is 0 Å². The van der Waals surface area contributed by atoms with E-state index in [1.807, 2.05) is 0 Å². The molecule has 5 heteroatoms. The molecule has 2 atom stereocenters. The van der Waals surface area contributed by atoms with E-state index in [2.05, 4.69) is 12.2 Å². The highest BCUT2D eigenvalue weighted by Gasteiger charge is 2.21. The molecule has 0 aromatic heterocycles. The maximum absolute atomic E-state index is 11.8. The smallest absolute Gasteiger partial charge is 0.147 e. The zero-order valence-electron chi connectivity index (χ0n) is 11.4. The molecule has 0 bridgehead atoms. The Hall–Kier alpha value is -0.420. The number of hydrogen-bond donors (Lipinski definition) is 1. The molecule has 0 aliphatic carbocycles. The van der Waals surface area contributed by atoms with Crippen LogP contribution in [0.3, 0.4) is 0 Å². The molecule has 1 rings (SSSR count). The molecule has 0 aromatic rings. The number of ketones is 1. The van der Waals surface area contributed by atoms with Gasteiger partial charge in [-0.2, -0.15) is 0 Å². The van der Waals surface area contributed by atoms with E-state index >= 15 is 0 Å². The van der Waals surface area contributed by atoms with Gasteiger partial charge < -0.3 is 5.32 Å². The van der Waals surface area contributed by atoms with Crippen molar-refractivity contribution >= 4 is 15.6 Å². The molecular weight excluding hydrogens is 250 g/mol. The first-order chi connectivity index (χ1) is 8.38. The minimum absolute atomic E-state index is 0.123. The normalized spacial score (nSPS) is 22.7. The predicted octanol–water partition coefficient (Wildman–Crippen LogP) is 1.41. The fourth-order valence-corrected chi connectivity index (χ4v) is 3.19. The van der Waals surface area contributed by atoms with Crippen LogP contribution in [0.2, 0.25) is 0 Å². The molecule has 18 heavy (non-hydrogen) atoms. The van der Waals surface area contributed by atoms with E-state index in [1.165, 1.54) is 19.1 Å². The Morgan fingerprint density at radius 2 is 2.17 bits per heavy atom. The predicted molar refractivity (Wildman–Crippen MR) is 73.3 cm³/mol. The van der Waals surface area contributed by atoms with E-state index < -0.39 is 9.84 Å². The van der Waals surface area contributed by atoms with Crippen molar-refractivity contribution in [1.82, 2.24) is 5.32 Å². The summed E-state index contributed by atoms with van der Waals surface area (Å²) >= 11 is 0. The molecule has 1 heterocycles. The lowest BCUT2D eigenvalue weighted by atomic mass is 9.84. The molecule has 4 nitrogen and oxygen atoms in total. The summed E-state index contributed by atoms with van der Waals surface area (Å²) in [7, 11) is -2.93. The van der Waals surface area contributed by atoms with E-state index in [4.69, 9.17) is 0 Å². The van der Waals surface area contributed by atoms with Crippen molar-refractivity contribution < 1.29 is 13.2 Å². The van der Waals surface area contributed by atoms with Gasteiger partial charge in [0.25, 0.3) is 0 Å². The van der Waals surface area contributed by atoms with Gasteiger partial charge in [-0.1, -0.05) is 6.92 Å². The van der Waals surface area contributed by atoms with Crippen LogP contribution in [0.15, 0.2) is 0 Å². The minimum Gasteiger partial charge on any atom is -0.316 e. The number of hydrogen-bond acceptors (Lipinski definition) is 4. The van der Waals surface area contributed by atoms with Crippen molar-refractivity contribution in [3.63, 3.8) is 0 Å². The van der Waals surface area contributed by atoms with Gasteiger partial charge in [0.2, 0.25) is 0 Å². The molecule has 1 saturated heterocycles. The molecule has 0 radical (unpaired) electrons. The maximum Gasteiger partial charge on any atom is 0.147 e. The lowest BCUT2D eigenvalue weighted by Gasteiger charge is -2.28. The number of nitrogens with one attached hydrogen (secondary N) is 1. The van der Waals surface area contributed by atoms with Crippen LogP contribution in [0.5, 0.6) is 0 Å². The molecule has 2 unspecified atom stereocenters. The second kappa shape index (κ2) is 7.24. The van der Waals surface area contributed by atoms with Crippen LogP contribution in [0.25, 0.3) is 0 Å². The van der Waals surface area contributed by atoms with Gasteiger partial charge in [-0.15, -0.1) is 0 Å². The van der Waals surface area contributed by atoms with Crippen molar-refractivity contribution in [2.45, 2.75) is 39.0 Å². The molecule has 0 spiro atoms. The zero-order chi connectivity index (χ0) is 13.6. The van der Waals surface area contributed by atoms with Crippen LogP contribution < -0.4 is 5.32 Å². The first kappa shape index (κ1) is 15.6. The summed E-state index contributed by atoms with van der Waals surface area (Å²) in [5, 5.41) is 3.36. The Labute approximate surface area is 110 Å². The van der Waals surface area contributed by atoms with Crippen molar-refractivity contribution in [3.8, 4) is 0 Å². The van der Waals surface area contributed by atoms with Crippen LogP contribution in [-0.4, -0.2) is 39.3 Å². The van der Waals surface area contributed by atoms with Crippen LogP contribution in [0.4, 0.5) is 0 Å². The van der Waals surface area contributed by atoms with E-state index in [1.54, 1.807) is 0 Å². The highest BCUT2D eigenvalue weighted by molar-refractivity contribution is 7.90. The van der Waals surface area contributed by atoms with Gasteiger partial charge >= 0.3 is 0 Å². The highest BCUT2D eigenvalue weighted by Crippen LogP contribution is 2.23. The second-order valence-electron chi connectivity index (χ2n) is 5.56. The molecular formula is C13H25NO3S. The first-order valence-electron chi connectivity index (χ1n) is 6.78. The highest BCUT2D eigenvalue weighted by atomic mass is 32.2. The average Bonchev–Trinajstić information content (AvgIpc) is 2.28. The number of carbonyl (C=O) groups is 1. The van der Waals surface area contributed by atoms with Crippen LogP contribution in [0, 0.1) is 11.8 Å². The summed E-state index contributed by atoms with van der Waals surface area (Å²) in [6, 6.07) is 0. The fourth-order valence-electron chi connectivity index (χ4n) is 2.52. The third-order valence-corrected chi connectivity index (χ3v) is 4.69. The zero-order valence-corrected chi connectivity index (χ0v) is 12.3. The molecule has 1 aliphatic rings. The Morgan fingerprint density at radius 3 is 2.72 bits per heavy atom. The summed E-state index contributed by atoms with van der Waals surface area (Å²) in [6.45, 7) is 4.23. The lowest BCUT2D eigenvalue weighted by Crippen LogP contribution is -2.34. The third kappa shape index (κ3) is 6.50. The molecule has 0 saturated carbocycles. The van der Waals surface area contributed by atoms with E-state index in [9.17, 15) is 13.2 Å². The van der Waals surface area contributed by atoms with Crippen LogP contribution in [0.1, 0.15) is 39.0 Å². The number of Topliss-reactive ketones (excluding diaryl/α,β-unsaturated/α-hetero) is 1. The fraction of sp³-hybridized carbons (Fsp3) is 0.923. The topological polar surface area (TPSA) is 63.2 Å². The largest absolute Gasteiger partial charge is 0.316 e. The Kier molecular flexibility index (Phi) is 6.29. The van der Waals surface area contributed by atoms with Gasteiger partial charge in [0.05, 0.1) is 5.75 Å². The molecule has 1 N–H and O–H groups in total. The first-order valence-corrected chi connectivity index (χ1v) is 8.84. The van der Waals surface area contributed by atoms with Gasteiger partial charge in [-0.3, -0.25) is 4.79 Å². The second-order valence-corrected chi connectivity index (χ2v) is 7.82. The standard InChI is InChI=1S/C13H25NO3S/c1-11(12-5-3-7-14-10-12)9-13(15)6-4-8-18(2,16)17/h11-12,14H,3-10H2,1-2H3. The van der Waals surface area contributed by atoms with Gasteiger partial charge in [-0.25, -0.2) is 8.42 Å². The Balaban J connectivity index is 2.22. The molecule has 0 amide bonds. The molecule has 1 fully saturated rings. The average molecular weight is 275 g/mol. The lowest BCUT2D eigenvalue weighted by molar-refractivity contribution is -0.120. The SMILES string of the molecule is CC(CC(=O)CCCS(C)(=O)=O)C1CCCNC1. The summed E-state index contributed by atoms with van der Waals surface area (Å²) in [4.78, 5) is 11.8. The molecule has 0 aromatic carbocycles. The minimum atomic E-state index is -2.93. The summed E-state index contributed by atoms with van der Waals surface area (Å²) in [5.74, 6) is 1.33. The maximum atomic E-state index is 11.8. The summed E-state index contributed by atoms with van der Waals surface area (Å²) in [5.41, 5.74) is 0. The van der Waals surface area contributed by atoms with Gasteiger partial charge in [0.1, 0.15) is 15.6 Å². The number of carbonyl (C=O) groups excluding carboxylic acids is 1. The summed E-state index contributed by atoms with van der Waals surface area (Å²) in [6.07, 6.45) is 5.07. The van der Waals surface area contributed by atoms with Crippen LogP contribution in [-0.2, 0) is 14.6 Å². The Bertz CT molecular complexity index is 358. The van der Waals surface area contributed by atoms with E-state index in [0.717, 1.165) is 13.1 Å². The van der Waals surface area contributed by atoms with Crippen LogP contribution >= 0.6 is 0 Å². The number of piperidine rings is 1. The molecule has 1 aliphatic heterocycles. The van der Waals surface area contributed by atoms with Gasteiger partial charge in [0, 0.05) is 19.1 Å². The van der Waals surface area contributed by atoms with Crippen molar-refractivity contribution in [2.75, 3.05) is 25.1 Å². The van der Waals surface area contributed by atoms with Crippen molar-refractivity contribution in [1.29, 1.82) is 0 Å². The van der Waals surface area contributed by atoms with Gasteiger partial charge in [-0.05, 0) is 44.2 Å². The van der Waals surface area contributed by atoms with E-state index in [0.29, 0.717) is 31.1 Å². The number of sulfone groups is 1. The van der Waals surface area contributed by atoms with E-state index in [-0.39, 0.29) is 11.5 Å². The van der Waals surface area contributed by atoms with Crippen molar-refractivity contribution in [3.05, 3.63) is 0 Å². The molecule has 106 valence electrons. The third-order valence-electron chi connectivity index (χ3n) is 3.66. The number of rotatable bonds is 7.